The maximum Gasteiger partial charge on any atom is 0.214 e. The van der Waals surface area contributed by atoms with E-state index < -0.39 is 6.85 Å². The number of aromatic nitrogens is 2. The molecule has 0 aliphatic rings. The average molecular weight is 230 g/mol. The average Bonchev–Trinajstić information content (AvgIpc) is 2.31. The highest BCUT2D eigenvalue weighted by atomic mass is 14.9. The molecule has 2 nitrogen and oxygen atoms in total. The van der Waals surface area contributed by atoms with Crippen molar-refractivity contribution in [3.8, 4) is 11.3 Å². The molecule has 2 aromatic heterocycles. The molecule has 88 valence electrons. The van der Waals surface area contributed by atoms with E-state index in [1.807, 2.05) is 44.6 Å². The van der Waals surface area contributed by atoms with Gasteiger partial charge in [-0.25, -0.2) is 4.57 Å². The Morgan fingerprint density at radius 3 is 2.65 bits per heavy atom. The van der Waals surface area contributed by atoms with Crippen molar-refractivity contribution in [3.63, 3.8) is 0 Å². The highest BCUT2D eigenvalue weighted by Gasteiger charge is 2.16. The van der Waals surface area contributed by atoms with Gasteiger partial charge >= 0.3 is 0 Å². The number of hydrogen-bond acceptors (Lipinski definition) is 1. The largest absolute Gasteiger partial charge is 0.258 e. The third kappa shape index (κ3) is 2.21. The van der Waals surface area contributed by atoms with E-state index >= 15 is 0 Å². The van der Waals surface area contributed by atoms with E-state index in [1.165, 1.54) is 0 Å². The van der Waals surface area contributed by atoms with Gasteiger partial charge in [-0.15, -0.1) is 0 Å². The van der Waals surface area contributed by atoms with Gasteiger partial charge in [0.2, 0.25) is 5.69 Å². The van der Waals surface area contributed by atoms with Crippen molar-refractivity contribution >= 4 is 0 Å². The second-order valence-corrected chi connectivity index (χ2v) is 4.49. The van der Waals surface area contributed by atoms with E-state index in [0.29, 0.717) is 0 Å². The van der Waals surface area contributed by atoms with Crippen molar-refractivity contribution in [1.29, 1.82) is 0 Å². The molecule has 2 rings (SSSR count). The molecule has 0 fully saturated rings. The summed E-state index contributed by atoms with van der Waals surface area (Å²) in [7, 11) is 1.98. The standard InChI is InChI=1S/C15H19N2/c1-10-6-7-17(5)14(8-10)15-11(2)9-12(3)16-13(15)4/h6-9H,1-5H3/q+1/i3D3. The van der Waals surface area contributed by atoms with E-state index in [4.69, 9.17) is 4.11 Å². The number of hydrogen-bond donors (Lipinski definition) is 0. The Labute approximate surface area is 107 Å². The smallest absolute Gasteiger partial charge is 0.214 e. The molecule has 0 atom stereocenters. The first kappa shape index (κ1) is 8.40. The van der Waals surface area contributed by atoms with Crippen molar-refractivity contribution in [2.24, 2.45) is 7.05 Å². The monoisotopic (exact) mass is 230 g/mol. The summed E-state index contributed by atoms with van der Waals surface area (Å²) in [6.07, 6.45) is 2.00. The highest BCUT2D eigenvalue weighted by Crippen LogP contribution is 2.24. The Bertz CT molecular complexity index is 638. The minimum atomic E-state index is -2.16. The van der Waals surface area contributed by atoms with Crippen molar-refractivity contribution in [3.05, 3.63) is 46.9 Å². The fraction of sp³-hybridized carbons (Fsp3) is 0.333. The molecule has 0 amide bonds. The third-order valence-electron chi connectivity index (χ3n) is 2.96. The zero-order chi connectivity index (χ0) is 15.1. The van der Waals surface area contributed by atoms with Gasteiger partial charge in [-0.3, -0.25) is 4.98 Å². The second-order valence-electron chi connectivity index (χ2n) is 4.49. The van der Waals surface area contributed by atoms with Crippen LogP contribution in [0.25, 0.3) is 11.3 Å². The first-order valence-electron chi connectivity index (χ1n) is 7.15. The van der Waals surface area contributed by atoms with Gasteiger partial charge in [-0.1, -0.05) is 0 Å². The quantitative estimate of drug-likeness (QED) is 0.688. The minimum absolute atomic E-state index is 0.159. The van der Waals surface area contributed by atoms with Crippen LogP contribution < -0.4 is 4.57 Å². The Balaban J connectivity index is 2.67. The molecule has 0 aliphatic heterocycles. The zero-order valence-electron chi connectivity index (χ0n) is 13.7. The SMILES string of the molecule is [2H]C([2H])([2H])c1cc(C)c(-c2cc(C)cc[n+]2C)c(C)n1. The van der Waals surface area contributed by atoms with Gasteiger partial charge in [0.1, 0.15) is 7.05 Å². The molecule has 0 bridgehead atoms. The zero-order valence-corrected chi connectivity index (χ0v) is 10.7. The number of nitrogens with zero attached hydrogens (tertiary/aromatic N) is 2. The topological polar surface area (TPSA) is 16.8 Å². The van der Waals surface area contributed by atoms with Crippen molar-refractivity contribution in [1.82, 2.24) is 4.98 Å². The summed E-state index contributed by atoms with van der Waals surface area (Å²) in [5, 5.41) is 0. The molecule has 0 aromatic carbocycles. The summed E-state index contributed by atoms with van der Waals surface area (Å²) in [5.41, 5.74) is 5.05. The van der Waals surface area contributed by atoms with Gasteiger partial charge < -0.3 is 0 Å². The fourth-order valence-electron chi connectivity index (χ4n) is 2.14. The summed E-state index contributed by atoms with van der Waals surface area (Å²) in [6, 6.07) is 5.79. The van der Waals surface area contributed by atoms with Crippen LogP contribution in [0.5, 0.6) is 0 Å². The normalized spacial score (nSPS) is 14.0. The molecule has 2 heterocycles. The van der Waals surface area contributed by atoms with Crippen LogP contribution in [0.2, 0.25) is 0 Å². The summed E-state index contributed by atoms with van der Waals surface area (Å²) < 4.78 is 24.5. The Kier molecular flexibility index (Phi) is 2.12. The molecule has 0 radical (unpaired) electrons. The Hall–Kier alpha value is -1.70. The molecule has 0 spiro atoms. The first-order chi connectivity index (χ1) is 9.20. The number of pyridine rings is 2. The van der Waals surface area contributed by atoms with Crippen LogP contribution in [-0.2, 0) is 7.05 Å². The van der Waals surface area contributed by atoms with Crippen molar-refractivity contribution < 1.29 is 8.68 Å². The molecule has 2 heteroatoms. The van der Waals surface area contributed by atoms with Crippen molar-refractivity contribution in [2.75, 3.05) is 0 Å². The predicted octanol–water partition coefficient (Wildman–Crippen LogP) is 2.81. The van der Waals surface area contributed by atoms with E-state index in [0.717, 1.165) is 28.1 Å². The molecular formula is C15H19N2+. The van der Waals surface area contributed by atoms with Crippen LogP contribution in [0.1, 0.15) is 26.6 Å². The van der Waals surface area contributed by atoms with Crippen LogP contribution in [0, 0.1) is 27.6 Å². The van der Waals surface area contributed by atoms with Gasteiger partial charge in [0.25, 0.3) is 0 Å². The van der Waals surface area contributed by atoms with Gasteiger partial charge in [0, 0.05) is 21.9 Å². The van der Waals surface area contributed by atoms with E-state index in [9.17, 15) is 0 Å². The van der Waals surface area contributed by atoms with Gasteiger partial charge in [-0.2, -0.15) is 0 Å². The van der Waals surface area contributed by atoms with Crippen LogP contribution in [0.15, 0.2) is 24.4 Å². The molecule has 0 N–H and O–H groups in total. The van der Waals surface area contributed by atoms with E-state index in [1.54, 1.807) is 6.07 Å². The summed E-state index contributed by atoms with van der Waals surface area (Å²) in [6.45, 7) is 3.67. The van der Waals surface area contributed by atoms with E-state index in [-0.39, 0.29) is 5.69 Å². The summed E-state index contributed by atoms with van der Waals surface area (Å²) >= 11 is 0. The number of aryl methyl sites for hydroxylation is 5. The van der Waals surface area contributed by atoms with Crippen LogP contribution >= 0.6 is 0 Å². The molecule has 0 saturated heterocycles. The first-order valence-corrected chi connectivity index (χ1v) is 5.65. The van der Waals surface area contributed by atoms with Gasteiger partial charge in [0.15, 0.2) is 6.20 Å². The van der Waals surface area contributed by atoms with Gasteiger partial charge in [0.05, 0.1) is 11.3 Å². The van der Waals surface area contributed by atoms with Gasteiger partial charge in [-0.05, 0) is 44.8 Å². The maximum absolute atomic E-state index is 7.48. The highest BCUT2D eigenvalue weighted by molar-refractivity contribution is 5.64. The fourth-order valence-corrected chi connectivity index (χ4v) is 2.14. The van der Waals surface area contributed by atoms with Crippen LogP contribution in [0.3, 0.4) is 0 Å². The van der Waals surface area contributed by atoms with E-state index in [2.05, 4.69) is 11.1 Å². The lowest BCUT2D eigenvalue weighted by molar-refractivity contribution is -0.660. The molecule has 2 aromatic rings. The second kappa shape index (κ2) is 4.28. The lowest BCUT2D eigenvalue weighted by Gasteiger charge is -2.09. The summed E-state index contributed by atoms with van der Waals surface area (Å²) in [4.78, 5) is 4.28. The maximum atomic E-state index is 7.48. The minimum Gasteiger partial charge on any atom is -0.258 e. The third-order valence-corrected chi connectivity index (χ3v) is 2.96. The Morgan fingerprint density at radius 1 is 1.24 bits per heavy atom. The Morgan fingerprint density at radius 2 is 2.00 bits per heavy atom. The lowest BCUT2D eigenvalue weighted by atomic mass is 10.0. The predicted molar refractivity (Wildman–Crippen MR) is 69.8 cm³/mol. The molecule has 0 unspecified atom stereocenters. The summed E-state index contributed by atoms with van der Waals surface area (Å²) in [5.74, 6) is 0. The molecule has 0 saturated carbocycles. The van der Waals surface area contributed by atoms with Crippen molar-refractivity contribution in [2.45, 2.75) is 27.6 Å². The molecule has 17 heavy (non-hydrogen) atoms. The van der Waals surface area contributed by atoms with Crippen LogP contribution in [0.4, 0.5) is 0 Å². The molecular weight excluding hydrogens is 208 g/mol. The van der Waals surface area contributed by atoms with Crippen LogP contribution in [-0.4, -0.2) is 4.98 Å². The lowest BCUT2D eigenvalue weighted by Crippen LogP contribution is -2.31. The number of rotatable bonds is 1. The molecule has 0 aliphatic carbocycles.